The van der Waals surface area contributed by atoms with Crippen molar-refractivity contribution >= 4 is 5.91 Å². The van der Waals surface area contributed by atoms with E-state index in [9.17, 15) is 4.79 Å². The number of amides is 1. The molecule has 1 saturated carbocycles. The molecular weight excluding hydrogens is 318 g/mol. The molecule has 0 bridgehead atoms. The Balaban J connectivity index is 1.51. The third-order valence-electron chi connectivity index (χ3n) is 4.93. The minimum atomic E-state index is 0.0254. The van der Waals surface area contributed by atoms with Gasteiger partial charge < -0.3 is 14.2 Å². The van der Waals surface area contributed by atoms with Crippen molar-refractivity contribution in [3.63, 3.8) is 0 Å². The fourth-order valence-electron chi connectivity index (χ4n) is 3.20. The lowest BCUT2D eigenvalue weighted by molar-refractivity contribution is -0.134. The summed E-state index contributed by atoms with van der Waals surface area (Å²) in [6, 6.07) is 7.69. The van der Waals surface area contributed by atoms with Gasteiger partial charge in [-0.15, -0.1) is 0 Å². The van der Waals surface area contributed by atoms with Crippen LogP contribution in [0.2, 0.25) is 0 Å². The summed E-state index contributed by atoms with van der Waals surface area (Å²) in [6.07, 6.45) is 4.56. The number of benzene rings is 1. The van der Waals surface area contributed by atoms with Crippen LogP contribution in [0.3, 0.4) is 0 Å². The summed E-state index contributed by atoms with van der Waals surface area (Å²) >= 11 is 0. The maximum Gasteiger partial charge on any atom is 0.260 e. The molecule has 0 atom stereocenters. The minimum absolute atomic E-state index is 0.0254. The van der Waals surface area contributed by atoms with Gasteiger partial charge in [0.1, 0.15) is 5.75 Å². The topological polar surface area (TPSA) is 68.5 Å². The average molecular weight is 343 g/mol. The van der Waals surface area contributed by atoms with Crippen molar-refractivity contribution in [2.24, 2.45) is 5.92 Å². The van der Waals surface area contributed by atoms with Gasteiger partial charge in [-0.1, -0.05) is 12.1 Å². The van der Waals surface area contributed by atoms with Gasteiger partial charge >= 0.3 is 0 Å². The SMILES string of the molecule is Cc1nc(-c2ccc(OCC(=O)N(C)C3CCC(C)CC3)cc2)no1. The Morgan fingerprint density at radius 2 is 1.92 bits per heavy atom. The highest BCUT2D eigenvalue weighted by Gasteiger charge is 2.24. The van der Waals surface area contributed by atoms with E-state index in [2.05, 4.69) is 17.1 Å². The van der Waals surface area contributed by atoms with Crippen LogP contribution in [0.1, 0.15) is 38.5 Å². The number of hydrogen-bond acceptors (Lipinski definition) is 5. The second-order valence-corrected chi connectivity index (χ2v) is 6.87. The van der Waals surface area contributed by atoms with Crippen molar-refractivity contribution < 1.29 is 14.1 Å². The summed E-state index contributed by atoms with van der Waals surface area (Å²) < 4.78 is 10.6. The lowest BCUT2D eigenvalue weighted by atomic mass is 9.87. The molecule has 134 valence electrons. The summed E-state index contributed by atoms with van der Waals surface area (Å²) in [5, 5.41) is 3.88. The smallest absolute Gasteiger partial charge is 0.260 e. The molecule has 0 unspecified atom stereocenters. The number of rotatable bonds is 5. The number of ether oxygens (including phenoxy) is 1. The number of carbonyl (C=O) groups excluding carboxylic acids is 1. The Kier molecular flexibility index (Phi) is 5.36. The first-order chi connectivity index (χ1) is 12.0. The third-order valence-corrected chi connectivity index (χ3v) is 4.93. The van der Waals surface area contributed by atoms with Crippen molar-refractivity contribution in [2.75, 3.05) is 13.7 Å². The molecule has 25 heavy (non-hydrogen) atoms. The summed E-state index contributed by atoms with van der Waals surface area (Å²) in [7, 11) is 1.88. The van der Waals surface area contributed by atoms with E-state index in [0.29, 0.717) is 23.5 Å². The Labute approximate surface area is 148 Å². The second kappa shape index (κ2) is 7.68. The number of nitrogens with zero attached hydrogens (tertiary/aromatic N) is 3. The monoisotopic (exact) mass is 343 g/mol. The Bertz CT molecular complexity index is 703. The molecule has 1 fully saturated rings. The standard InChI is InChI=1S/C19H25N3O3/c1-13-4-8-16(9-5-13)22(3)18(23)12-24-17-10-6-15(7-11-17)19-20-14(2)25-21-19/h6-7,10-11,13,16H,4-5,8-9,12H2,1-3H3. The first-order valence-corrected chi connectivity index (χ1v) is 8.82. The number of carbonyl (C=O) groups is 1. The molecule has 3 rings (SSSR count). The van der Waals surface area contributed by atoms with Crippen molar-refractivity contribution in [3.05, 3.63) is 30.2 Å². The molecule has 0 N–H and O–H groups in total. The fourth-order valence-corrected chi connectivity index (χ4v) is 3.20. The molecule has 1 aliphatic rings. The number of aromatic nitrogens is 2. The second-order valence-electron chi connectivity index (χ2n) is 6.87. The van der Waals surface area contributed by atoms with Gasteiger partial charge in [-0.05, 0) is 55.9 Å². The van der Waals surface area contributed by atoms with Gasteiger partial charge in [-0.2, -0.15) is 4.98 Å². The Hall–Kier alpha value is -2.37. The van der Waals surface area contributed by atoms with Crippen LogP contribution in [0.5, 0.6) is 5.75 Å². The highest BCUT2D eigenvalue weighted by Crippen LogP contribution is 2.26. The molecule has 1 heterocycles. The van der Waals surface area contributed by atoms with E-state index in [1.165, 1.54) is 12.8 Å². The first-order valence-electron chi connectivity index (χ1n) is 8.82. The summed E-state index contributed by atoms with van der Waals surface area (Å²) in [6.45, 7) is 4.09. The normalized spacial score (nSPS) is 20.3. The quantitative estimate of drug-likeness (QED) is 0.831. The molecule has 6 nitrogen and oxygen atoms in total. The zero-order valence-electron chi connectivity index (χ0n) is 15.1. The van der Waals surface area contributed by atoms with Crippen molar-refractivity contribution in [1.82, 2.24) is 15.0 Å². The van der Waals surface area contributed by atoms with Gasteiger partial charge in [0.15, 0.2) is 6.61 Å². The van der Waals surface area contributed by atoms with E-state index in [-0.39, 0.29) is 12.5 Å². The van der Waals surface area contributed by atoms with Gasteiger partial charge in [0.2, 0.25) is 11.7 Å². The highest BCUT2D eigenvalue weighted by molar-refractivity contribution is 5.77. The Morgan fingerprint density at radius 1 is 1.24 bits per heavy atom. The van der Waals surface area contributed by atoms with E-state index in [1.54, 1.807) is 6.92 Å². The van der Waals surface area contributed by atoms with E-state index < -0.39 is 0 Å². The summed E-state index contributed by atoms with van der Waals surface area (Å²) in [4.78, 5) is 18.4. The maximum absolute atomic E-state index is 12.4. The molecule has 1 aromatic carbocycles. The van der Waals surface area contributed by atoms with E-state index >= 15 is 0 Å². The van der Waals surface area contributed by atoms with Crippen LogP contribution in [0.4, 0.5) is 0 Å². The Morgan fingerprint density at radius 3 is 2.52 bits per heavy atom. The van der Waals surface area contributed by atoms with Gasteiger partial charge in [0, 0.05) is 25.6 Å². The van der Waals surface area contributed by atoms with Crippen molar-refractivity contribution in [1.29, 1.82) is 0 Å². The van der Waals surface area contributed by atoms with Gasteiger partial charge in [-0.25, -0.2) is 0 Å². The molecular formula is C19H25N3O3. The molecule has 0 spiro atoms. The van der Waals surface area contributed by atoms with Crippen molar-refractivity contribution in [3.8, 4) is 17.1 Å². The number of hydrogen-bond donors (Lipinski definition) is 0. The van der Waals surface area contributed by atoms with Crippen LogP contribution in [-0.2, 0) is 4.79 Å². The average Bonchev–Trinajstić information content (AvgIpc) is 3.06. The fraction of sp³-hybridized carbons (Fsp3) is 0.526. The van der Waals surface area contributed by atoms with Crippen LogP contribution in [0.25, 0.3) is 11.4 Å². The minimum Gasteiger partial charge on any atom is -0.484 e. The predicted octanol–water partition coefficient (Wildman–Crippen LogP) is 3.46. The lowest BCUT2D eigenvalue weighted by Crippen LogP contribution is -2.41. The molecule has 1 aliphatic carbocycles. The first kappa shape index (κ1) is 17.5. The van der Waals surface area contributed by atoms with E-state index in [0.717, 1.165) is 24.3 Å². The van der Waals surface area contributed by atoms with Crippen LogP contribution in [0.15, 0.2) is 28.8 Å². The van der Waals surface area contributed by atoms with Gasteiger partial charge in [0.25, 0.3) is 5.91 Å². The maximum atomic E-state index is 12.4. The zero-order chi connectivity index (χ0) is 17.8. The number of aryl methyl sites for hydroxylation is 1. The van der Waals surface area contributed by atoms with E-state index in [1.807, 2.05) is 36.2 Å². The molecule has 1 amide bonds. The molecule has 1 aromatic heterocycles. The van der Waals surface area contributed by atoms with Crippen LogP contribution >= 0.6 is 0 Å². The van der Waals surface area contributed by atoms with Crippen LogP contribution in [0, 0.1) is 12.8 Å². The summed E-state index contributed by atoms with van der Waals surface area (Å²) in [5.41, 5.74) is 0.851. The molecule has 0 aliphatic heterocycles. The van der Waals surface area contributed by atoms with Crippen molar-refractivity contribution in [2.45, 2.75) is 45.6 Å². The third kappa shape index (κ3) is 4.38. The van der Waals surface area contributed by atoms with Gasteiger partial charge in [-0.3, -0.25) is 4.79 Å². The molecule has 2 aromatic rings. The molecule has 0 saturated heterocycles. The van der Waals surface area contributed by atoms with E-state index in [4.69, 9.17) is 9.26 Å². The number of likely N-dealkylation sites (N-methyl/N-ethyl adjacent to an activating group) is 1. The molecule has 0 radical (unpaired) electrons. The lowest BCUT2D eigenvalue weighted by Gasteiger charge is -2.33. The predicted molar refractivity (Wildman–Crippen MR) is 94.2 cm³/mol. The highest BCUT2D eigenvalue weighted by atomic mass is 16.5. The van der Waals surface area contributed by atoms with Crippen LogP contribution < -0.4 is 4.74 Å². The summed E-state index contributed by atoms with van der Waals surface area (Å²) in [5.74, 6) is 2.53. The van der Waals surface area contributed by atoms with Crippen LogP contribution in [-0.4, -0.2) is 40.6 Å². The largest absolute Gasteiger partial charge is 0.484 e. The molecule has 6 heteroatoms. The zero-order valence-corrected chi connectivity index (χ0v) is 15.1. The van der Waals surface area contributed by atoms with Gasteiger partial charge in [0.05, 0.1) is 0 Å².